The first-order valence-electron chi connectivity index (χ1n) is 8.16. The lowest BCUT2D eigenvalue weighted by atomic mass is 9.89. The van der Waals surface area contributed by atoms with Gasteiger partial charge in [0.15, 0.2) is 0 Å². The van der Waals surface area contributed by atoms with Crippen LogP contribution in [0.25, 0.3) is 11.5 Å². The van der Waals surface area contributed by atoms with E-state index in [0.717, 1.165) is 0 Å². The van der Waals surface area contributed by atoms with Gasteiger partial charge in [0.1, 0.15) is 12.1 Å². The second-order valence-electron chi connectivity index (χ2n) is 6.92. The van der Waals surface area contributed by atoms with Crippen LogP contribution in [0.1, 0.15) is 26.5 Å². The van der Waals surface area contributed by atoms with E-state index in [2.05, 4.69) is 15.6 Å². The van der Waals surface area contributed by atoms with Crippen LogP contribution in [0.15, 0.2) is 34.9 Å². The van der Waals surface area contributed by atoms with Crippen molar-refractivity contribution in [2.75, 3.05) is 13.1 Å². The fourth-order valence-corrected chi connectivity index (χ4v) is 2.01. The van der Waals surface area contributed by atoms with Crippen LogP contribution in [0.4, 0.5) is 9.18 Å². The maximum atomic E-state index is 12.9. The molecule has 2 amide bonds. The number of hydrogen-bond acceptors (Lipinski definition) is 4. The van der Waals surface area contributed by atoms with Crippen LogP contribution in [-0.4, -0.2) is 35.3 Å². The van der Waals surface area contributed by atoms with Gasteiger partial charge in [-0.2, -0.15) is 0 Å². The average Bonchev–Trinajstić information content (AvgIpc) is 3.01. The lowest BCUT2D eigenvalue weighted by Crippen LogP contribution is -2.44. The van der Waals surface area contributed by atoms with Gasteiger partial charge in [-0.3, -0.25) is 0 Å². The Morgan fingerprint density at radius 3 is 2.60 bits per heavy atom. The van der Waals surface area contributed by atoms with Gasteiger partial charge in [-0.05, 0) is 29.7 Å². The molecule has 1 aromatic carbocycles. The molecule has 0 radical (unpaired) electrons. The number of rotatable bonds is 6. The molecule has 0 saturated carbocycles. The molecule has 0 aliphatic carbocycles. The van der Waals surface area contributed by atoms with Gasteiger partial charge in [0.05, 0.1) is 11.8 Å². The normalized spacial score (nSPS) is 12.7. The summed E-state index contributed by atoms with van der Waals surface area (Å²) in [6.45, 7) is 6.28. The molecule has 3 N–H and O–H groups in total. The van der Waals surface area contributed by atoms with Crippen LogP contribution in [-0.2, 0) is 6.42 Å². The minimum Gasteiger partial charge on any atom is -0.444 e. The molecule has 25 heavy (non-hydrogen) atoms. The molecule has 0 aliphatic heterocycles. The van der Waals surface area contributed by atoms with Crippen LogP contribution < -0.4 is 10.6 Å². The third-order valence-corrected chi connectivity index (χ3v) is 3.77. The number of aliphatic hydroxyl groups is 1. The number of halogens is 1. The summed E-state index contributed by atoms with van der Waals surface area (Å²) in [5.74, 6) is 0.0927. The molecule has 0 saturated heterocycles. The second-order valence-corrected chi connectivity index (χ2v) is 6.92. The quantitative estimate of drug-likeness (QED) is 0.748. The van der Waals surface area contributed by atoms with Gasteiger partial charge in [-0.25, -0.2) is 14.2 Å². The number of carbonyl (C=O) groups is 1. The maximum Gasteiger partial charge on any atom is 0.314 e. The molecule has 1 unspecified atom stereocenters. The van der Waals surface area contributed by atoms with Crippen LogP contribution >= 0.6 is 0 Å². The number of nitrogens with zero attached hydrogens (tertiary/aromatic N) is 1. The zero-order valence-electron chi connectivity index (χ0n) is 14.7. The number of amides is 2. The van der Waals surface area contributed by atoms with Crippen molar-refractivity contribution >= 4 is 6.03 Å². The molecule has 2 aromatic rings. The largest absolute Gasteiger partial charge is 0.444 e. The Morgan fingerprint density at radius 2 is 1.96 bits per heavy atom. The van der Waals surface area contributed by atoms with Gasteiger partial charge in [0.2, 0.25) is 5.89 Å². The predicted octanol–water partition coefficient (Wildman–Crippen LogP) is 2.73. The van der Waals surface area contributed by atoms with E-state index < -0.39 is 6.10 Å². The third kappa shape index (κ3) is 5.86. The number of carbonyl (C=O) groups excluding carboxylic acids is 1. The van der Waals surface area contributed by atoms with Gasteiger partial charge in [0.25, 0.3) is 0 Å². The van der Waals surface area contributed by atoms with E-state index >= 15 is 0 Å². The van der Waals surface area contributed by atoms with Crippen molar-refractivity contribution in [3.05, 3.63) is 42.0 Å². The highest BCUT2D eigenvalue weighted by molar-refractivity contribution is 5.73. The molecule has 2 rings (SSSR count). The number of nitrogens with one attached hydrogen (secondary N) is 2. The fourth-order valence-electron chi connectivity index (χ4n) is 2.01. The molecular weight excluding hydrogens is 325 g/mol. The van der Waals surface area contributed by atoms with Crippen LogP contribution in [0.3, 0.4) is 0 Å². The highest BCUT2D eigenvalue weighted by Crippen LogP contribution is 2.19. The highest BCUT2D eigenvalue weighted by Gasteiger charge is 2.22. The standard InChI is InChI=1S/C18H24FN3O3/c1-18(2,3)15(23)10-21-17(24)20-9-8-14-11-25-16(22-14)12-4-6-13(19)7-5-12/h4-7,11,15,23H,8-10H2,1-3H3,(H2,20,21,24). The van der Waals surface area contributed by atoms with E-state index in [1.165, 1.54) is 18.4 Å². The van der Waals surface area contributed by atoms with E-state index in [1.807, 2.05) is 20.8 Å². The summed E-state index contributed by atoms with van der Waals surface area (Å²) in [6.07, 6.45) is 1.40. The minimum absolute atomic E-state index is 0.189. The predicted molar refractivity (Wildman–Crippen MR) is 92.5 cm³/mol. The maximum absolute atomic E-state index is 12.9. The molecular formula is C18H24FN3O3. The zero-order chi connectivity index (χ0) is 18.4. The first kappa shape index (κ1) is 18.9. The molecule has 0 aliphatic rings. The van der Waals surface area contributed by atoms with Gasteiger partial charge >= 0.3 is 6.03 Å². The molecule has 1 aromatic heterocycles. The Bertz CT molecular complexity index is 692. The average molecular weight is 349 g/mol. The highest BCUT2D eigenvalue weighted by atomic mass is 19.1. The van der Waals surface area contributed by atoms with Crippen LogP contribution in [0, 0.1) is 11.2 Å². The molecule has 0 fully saturated rings. The Kier molecular flexibility index (Phi) is 6.14. The van der Waals surface area contributed by atoms with E-state index in [4.69, 9.17) is 4.42 Å². The summed E-state index contributed by atoms with van der Waals surface area (Å²) in [5.41, 5.74) is 1.09. The van der Waals surface area contributed by atoms with Crippen molar-refractivity contribution < 1.29 is 18.7 Å². The minimum atomic E-state index is -0.618. The number of urea groups is 1. The zero-order valence-corrected chi connectivity index (χ0v) is 14.7. The summed E-state index contributed by atoms with van der Waals surface area (Å²) in [4.78, 5) is 16.0. The molecule has 1 heterocycles. The lowest BCUT2D eigenvalue weighted by molar-refractivity contribution is 0.0650. The summed E-state index contributed by atoms with van der Waals surface area (Å²) in [6, 6.07) is 5.54. The summed E-state index contributed by atoms with van der Waals surface area (Å²) < 4.78 is 18.3. The molecule has 0 spiro atoms. The topological polar surface area (TPSA) is 87.4 Å². The van der Waals surface area contributed by atoms with E-state index in [9.17, 15) is 14.3 Å². The van der Waals surface area contributed by atoms with Crippen molar-refractivity contribution in [2.24, 2.45) is 5.41 Å². The van der Waals surface area contributed by atoms with Crippen molar-refractivity contribution in [3.8, 4) is 11.5 Å². The van der Waals surface area contributed by atoms with Gasteiger partial charge in [-0.1, -0.05) is 20.8 Å². The monoisotopic (exact) mass is 349 g/mol. The number of aromatic nitrogens is 1. The lowest BCUT2D eigenvalue weighted by Gasteiger charge is -2.25. The summed E-state index contributed by atoms with van der Waals surface area (Å²) in [7, 11) is 0. The Balaban J connectivity index is 1.75. The third-order valence-electron chi connectivity index (χ3n) is 3.77. The van der Waals surface area contributed by atoms with E-state index in [1.54, 1.807) is 12.1 Å². The first-order valence-corrected chi connectivity index (χ1v) is 8.16. The summed E-state index contributed by atoms with van der Waals surface area (Å²) >= 11 is 0. The van der Waals surface area contributed by atoms with Crippen molar-refractivity contribution in [3.63, 3.8) is 0 Å². The van der Waals surface area contributed by atoms with Gasteiger partial charge < -0.3 is 20.2 Å². The number of oxazole rings is 1. The second kappa shape index (κ2) is 8.11. The number of aliphatic hydroxyl groups excluding tert-OH is 1. The van der Waals surface area contributed by atoms with Gasteiger partial charge in [-0.15, -0.1) is 0 Å². The fraction of sp³-hybridized carbons (Fsp3) is 0.444. The molecule has 6 nitrogen and oxygen atoms in total. The molecule has 0 bridgehead atoms. The Labute approximate surface area is 146 Å². The summed E-state index contributed by atoms with van der Waals surface area (Å²) in [5, 5.41) is 15.2. The number of hydrogen-bond donors (Lipinski definition) is 3. The van der Waals surface area contributed by atoms with Crippen LogP contribution in [0.2, 0.25) is 0 Å². The van der Waals surface area contributed by atoms with Crippen molar-refractivity contribution in [1.29, 1.82) is 0 Å². The molecule has 136 valence electrons. The Morgan fingerprint density at radius 1 is 1.28 bits per heavy atom. The SMILES string of the molecule is CC(C)(C)C(O)CNC(=O)NCCc1coc(-c2ccc(F)cc2)n1. The van der Waals surface area contributed by atoms with Crippen LogP contribution in [0.5, 0.6) is 0 Å². The van der Waals surface area contributed by atoms with Crippen molar-refractivity contribution in [2.45, 2.75) is 33.3 Å². The van der Waals surface area contributed by atoms with Crippen molar-refractivity contribution in [1.82, 2.24) is 15.6 Å². The first-order chi connectivity index (χ1) is 11.8. The van der Waals surface area contributed by atoms with E-state index in [-0.39, 0.29) is 23.8 Å². The van der Waals surface area contributed by atoms with Gasteiger partial charge in [0, 0.05) is 25.1 Å². The van der Waals surface area contributed by atoms with E-state index in [0.29, 0.717) is 30.1 Å². The smallest absolute Gasteiger partial charge is 0.314 e. The number of benzene rings is 1. The molecule has 7 heteroatoms. The Hall–Kier alpha value is -2.41. The molecule has 1 atom stereocenters.